The van der Waals surface area contributed by atoms with Gasteiger partial charge in [0.15, 0.2) is 0 Å². The minimum absolute atomic E-state index is 0.0224. The Labute approximate surface area is 123 Å². The van der Waals surface area contributed by atoms with E-state index < -0.39 is 0 Å². The molecule has 1 atom stereocenters. The Morgan fingerprint density at radius 3 is 3.05 bits per heavy atom. The highest BCUT2D eigenvalue weighted by molar-refractivity contribution is 6.32. The Kier molecular flexibility index (Phi) is 5.42. The van der Waals surface area contributed by atoms with Gasteiger partial charge in [-0.15, -0.1) is 0 Å². The van der Waals surface area contributed by atoms with E-state index in [9.17, 15) is 4.79 Å². The quantitative estimate of drug-likeness (QED) is 0.832. The van der Waals surface area contributed by atoms with Crippen LogP contribution in [0.4, 0.5) is 0 Å². The van der Waals surface area contributed by atoms with Gasteiger partial charge in [-0.3, -0.25) is 4.79 Å². The first-order valence-electron chi connectivity index (χ1n) is 6.48. The highest BCUT2D eigenvalue weighted by Crippen LogP contribution is 2.17. The molecule has 1 aliphatic heterocycles. The zero-order valence-corrected chi connectivity index (χ0v) is 11.7. The first-order valence-corrected chi connectivity index (χ1v) is 6.86. The van der Waals surface area contributed by atoms with Gasteiger partial charge >= 0.3 is 0 Å². The van der Waals surface area contributed by atoms with Crippen LogP contribution in [0.2, 0.25) is 5.02 Å². The minimum atomic E-state index is -0.155. The molecule has 0 radical (unpaired) electrons. The van der Waals surface area contributed by atoms with Crippen molar-refractivity contribution in [2.24, 2.45) is 0 Å². The molecule has 1 aliphatic rings. The fourth-order valence-electron chi connectivity index (χ4n) is 1.89. The molecule has 0 bridgehead atoms. The number of carbonyl (C=O) groups is 1. The van der Waals surface area contributed by atoms with Crippen LogP contribution >= 0.6 is 11.6 Å². The Balaban J connectivity index is 2.04. The van der Waals surface area contributed by atoms with Gasteiger partial charge in [-0.2, -0.15) is 0 Å². The Bertz CT molecular complexity index is 542. The second-order valence-electron chi connectivity index (χ2n) is 4.50. The first kappa shape index (κ1) is 14.9. The average Bonchev–Trinajstić information content (AvgIpc) is 2.93. The molecule has 1 fully saturated rings. The van der Waals surface area contributed by atoms with Gasteiger partial charge in [0.2, 0.25) is 0 Å². The smallest absolute Gasteiger partial charge is 0.251 e. The largest absolute Gasteiger partial charge is 0.395 e. The van der Waals surface area contributed by atoms with Gasteiger partial charge in [0, 0.05) is 24.2 Å². The summed E-state index contributed by atoms with van der Waals surface area (Å²) in [5.41, 5.74) is 1.16. The molecule has 0 aromatic heterocycles. The van der Waals surface area contributed by atoms with Crippen molar-refractivity contribution in [3.05, 3.63) is 34.3 Å². The zero-order chi connectivity index (χ0) is 14.4. The number of aliphatic hydroxyl groups excluding tert-OH is 1. The fourth-order valence-corrected chi connectivity index (χ4v) is 2.12. The highest BCUT2D eigenvalue weighted by atomic mass is 35.5. The normalized spacial score (nSPS) is 17.4. The predicted octanol–water partition coefficient (Wildman–Crippen LogP) is 1.59. The van der Waals surface area contributed by atoms with E-state index in [2.05, 4.69) is 17.2 Å². The van der Waals surface area contributed by atoms with E-state index in [-0.39, 0.29) is 18.6 Å². The molecule has 4 nitrogen and oxygen atoms in total. The summed E-state index contributed by atoms with van der Waals surface area (Å²) in [7, 11) is 0. The van der Waals surface area contributed by atoms with Crippen LogP contribution in [-0.4, -0.2) is 36.9 Å². The topological polar surface area (TPSA) is 58.6 Å². The molecule has 1 aromatic carbocycles. The molecule has 20 heavy (non-hydrogen) atoms. The lowest BCUT2D eigenvalue weighted by molar-refractivity contribution is 0.0930. The molecule has 5 heteroatoms. The van der Waals surface area contributed by atoms with E-state index >= 15 is 0 Å². The van der Waals surface area contributed by atoms with E-state index in [1.165, 1.54) is 0 Å². The molecule has 0 aliphatic carbocycles. The van der Waals surface area contributed by atoms with E-state index in [1.54, 1.807) is 18.2 Å². The van der Waals surface area contributed by atoms with E-state index in [0.717, 1.165) is 6.42 Å². The third kappa shape index (κ3) is 3.97. The van der Waals surface area contributed by atoms with Gasteiger partial charge in [0.25, 0.3) is 5.91 Å². The third-order valence-corrected chi connectivity index (χ3v) is 3.27. The van der Waals surface area contributed by atoms with Crippen molar-refractivity contribution >= 4 is 17.5 Å². The first-order chi connectivity index (χ1) is 9.70. The van der Waals surface area contributed by atoms with Crippen LogP contribution < -0.4 is 5.32 Å². The fraction of sp³-hybridized carbons (Fsp3) is 0.400. The third-order valence-electron chi connectivity index (χ3n) is 2.96. The van der Waals surface area contributed by atoms with Crippen LogP contribution in [0.25, 0.3) is 0 Å². The number of halogens is 1. The van der Waals surface area contributed by atoms with Crippen LogP contribution in [0.5, 0.6) is 0 Å². The SMILES string of the molecule is O=C(NC1CCOC1)c1ccc(C#CCCO)c(Cl)c1. The highest BCUT2D eigenvalue weighted by Gasteiger charge is 2.18. The van der Waals surface area contributed by atoms with E-state index in [4.69, 9.17) is 21.4 Å². The van der Waals surface area contributed by atoms with Gasteiger partial charge in [-0.25, -0.2) is 0 Å². The summed E-state index contributed by atoms with van der Waals surface area (Å²) in [4.78, 5) is 12.0. The van der Waals surface area contributed by atoms with Gasteiger partial charge in [-0.1, -0.05) is 23.4 Å². The summed E-state index contributed by atoms with van der Waals surface area (Å²) in [5.74, 6) is 5.50. The molecular weight excluding hydrogens is 278 g/mol. The molecular formula is C15H16ClNO3. The number of ether oxygens (including phenoxy) is 1. The summed E-state index contributed by atoms with van der Waals surface area (Å²) in [6.45, 7) is 1.27. The number of nitrogens with one attached hydrogen (secondary N) is 1. The average molecular weight is 294 g/mol. The summed E-state index contributed by atoms with van der Waals surface area (Å²) in [5, 5.41) is 12.0. The van der Waals surface area contributed by atoms with Gasteiger partial charge in [0.1, 0.15) is 0 Å². The number of amides is 1. The number of hydrogen-bond acceptors (Lipinski definition) is 3. The maximum Gasteiger partial charge on any atom is 0.251 e. The molecule has 1 heterocycles. The van der Waals surface area contributed by atoms with Crippen molar-refractivity contribution < 1.29 is 14.6 Å². The van der Waals surface area contributed by atoms with E-state index in [1.807, 2.05) is 0 Å². The van der Waals surface area contributed by atoms with Crippen LogP contribution in [0.15, 0.2) is 18.2 Å². The molecule has 2 N–H and O–H groups in total. The van der Waals surface area contributed by atoms with Gasteiger partial charge < -0.3 is 15.2 Å². The minimum Gasteiger partial charge on any atom is -0.395 e. The molecule has 1 aromatic rings. The second-order valence-corrected chi connectivity index (χ2v) is 4.91. The maximum absolute atomic E-state index is 12.0. The van der Waals surface area contributed by atoms with Gasteiger partial charge in [0.05, 0.1) is 24.3 Å². The van der Waals surface area contributed by atoms with Crippen molar-refractivity contribution in [3.8, 4) is 11.8 Å². The van der Waals surface area contributed by atoms with Crippen molar-refractivity contribution in [2.45, 2.75) is 18.9 Å². The van der Waals surface area contributed by atoms with Crippen LogP contribution in [0, 0.1) is 11.8 Å². The van der Waals surface area contributed by atoms with Crippen LogP contribution in [0.1, 0.15) is 28.8 Å². The molecule has 106 valence electrons. The molecule has 1 amide bonds. The van der Waals surface area contributed by atoms with Crippen molar-refractivity contribution in [2.75, 3.05) is 19.8 Å². The lowest BCUT2D eigenvalue weighted by Gasteiger charge is -2.10. The van der Waals surface area contributed by atoms with Crippen LogP contribution in [0.3, 0.4) is 0 Å². The number of benzene rings is 1. The Hall–Kier alpha value is -1.54. The Morgan fingerprint density at radius 2 is 2.40 bits per heavy atom. The van der Waals surface area contributed by atoms with E-state index in [0.29, 0.717) is 35.8 Å². The van der Waals surface area contributed by atoms with Crippen molar-refractivity contribution in [1.82, 2.24) is 5.32 Å². The lowest BCUT2D eigenvalue weighted by Crippen LogP contribution is -2.34. The standard InChI is InChI=1S/C15H16ClNO3/c16-14-9-12(5-4-11(14)3-1-2-7-18)15(19)17-13-6-8-20-10-13/h4-5,9,13,18H,2,6-8,10H2,(H,17,19). The summed E-state index contributed by atoms with van der Waals surface area (Å²) in [6, 6.07) is 5.09. The summed E-state index contributed by atoms with van der Waals surface area (Å²) >= 11 is 6.10. The molecule has 2 rings (SSSR count). The summed E-state index contributed by atoms with van der Waals surface area (Å²) < 4.78 is 5.21. The van der Waals surface area contributed by atoms with Crippen LogP contribution in [-0.2, 0) is 4.74 Å². The predicted molar refractivity (Wildman–Crippen MR) is 76.7 cm³/mol. The molecule has 1 unspecified atom stereocenters. The second kappa shape index (κ2) is 7.30. The number of hydrogen-bond donors (Lipinski definition) is 2. The number of carbonyl (C=O) groups excluding carboxylic acids is 1. The summed E-state index contributed by atoms with van der Waals surface area (Å²) in [6.07, 6.45) is 1.24. The zero-order valence-electron chi connectivity index (χ0n) is 11.0. The molecule has 0 saturated carbocycles. The molecule has 0 spiro atoms. The monoisotopic (exact) mass is 293 g/mol. The Morgan fingerprint density at radius 1 is 1.55 bits per heavy atom. The van der Waals surface area contributed by atoms with Gasteiger partial charge in [-0.05, 0) is 24.6 Å². The number of rotatable bonds is 3. The lowest BCUT2D eigenvalue weighted by atomic mass is 10.1. The number of aliphatic hydroxyl groups is 1. The molecule has 1 saturated heterocycles. The van der Waals surface area contributed by atoms with Crippen molar-refractivity contribution in [1.29, 1.82) is 0 Å². The van der Waals surface area contributed by atoms with Crippen molar-refractivity contribution in [3.63, 3.8) is 0 Å². The maximum atomic E-state index is 12.0.